The van der Waals surface area contributed by atoms with Crippen LogP contribution in [0.15, 0.2) is 146 Å². The molecule has 8 aromatic rings. The summed E-state index contributed by atoms with van der Waals surface area (Å²) in [4.78, 5) is 0. The van der Waals surface area contributed by atoms with Crippen molar-refractivity contribution in [2.45, 2.75) is 0 Å². The van der Waals surface area contributed by atoms with Gasteiger partial charge in [-0.3, -0.25) is 0 Å². The van der Waals surface area contributed by atoms with Crippen LogP contribution in [0.3, 0.4) is 0 Å². The summed E-state index contributed by atoms with van der Waals surface area (Å²) in [5, 5.41) is 16.4. The molecule has 0 radical (unpaired) electrons. The van der Waals surface area contributed by atoms with E-state index in [0.29, 0.717) is 0 Å². The Hall–Kier alpha value is -5.14. The lowest BCUT2D eigenvalue weighted by molar-refractivity contribution is 1.59. The molecule has 1 nitrogen and oxygen atoms in total. The Morgan fingerprint density at radius 1 is 0.333 bits per heavy atom. The zero-order valence-corrected chi connectivity index (χ0v) is 21.4. The van der Waals surface area contributed by atoms with Crippen molar-refractivity contribution in [2.24, 2.45) is 0 Å². The van der Waals surface area contributed by atoms with Gasteiger partial charge in [0.25, 0.3) is 0 Å². The molecule has 0 atom stereocenters. The Morgan fingerprint density at radius 2 is 0.821 bits per heavy atom. The van der Waals surface area contributed by atoms with Crippen molar-refractivity contribution < 1.29 is 0 Å². The minimum Gasteiger partial charge on any atom is -0.355 e. The van der Waals surface area contributed by atoms with Crippen molar-refractivity contribution >= 4 is 65.2 Å². The number of nitrogens with one attached hydrogen (secondary N) is 1. The number of anilines is 2. The van der Waals surface area contributed by atoms with E-state index in [1.807, 2.05) is 0 Å². The molecule has 182 valence electrons. The minimum atomic E-state index is 1.09. The van der Waals surface area contributed by atoms with Crippen LogP contribution in [-0.4, -0.2) is 0 Å². The summed E-state index contributed by atoms with van der Waals surface area (Å²) in [6.07, 6.45) is 0. The van der Waals surface area contributed by atoms with E-state index in [1.165, 1.54) is 65.0 Å². The monoisotopic (exact) mass is 495 g/mol. The van der Waals surface area contributed by atoms with Gasteiger partial charge in [-0.05, 0) is 84.5 Å². The van der Waals surface area contributed by atoms with Crippen LogP contribution in [0.4, 0.5) is 11.4 Å². The van der Waals surface area contributed by atoms with Crippen LogP contribution >= 0.6 is 0 Å². The number of fused-ring (bicyclic) bond motifs is 6. The third-order valence-electron chi connectivity index (χ3n) is 7.97. The van der Waals surface area contributed by atoms with Gasteiger partial charge in [0.1, 0.15) is 0 Å². The van der Waals surface area contributed by atoms with Crippen LogP contribution in [0, 0.1) is 0 Å². The Bertz CT molecular complexity index is 2140. The van der Waals surface area contributed by atoms with E-state index in [4.69, 9.17) is 0 Å². The molecule has 0 amide bonds. The van der Waals surface area contributed by atoms with Gasteiger partial charge < -0.3 is 5.32 Å². The maximum atomic E-state index is 3.76. The van der Waals surface area contributed by atoms with E-state index in [0.717, 1.165) is 11.4 Å². The molecule has 8 rings (SSSR count). The second-order valence-electron chi connectivity index (χ2n) is 10.2. The molecular formula is C38H25N. The van der Waals surface area contributed by atoms with Gasteiger partial charge >= 0.3 is 0 Å². The molecular weight excluding hydrogens is 470 g/mol. The Balaban J connectivity index is 1.55. The second-order valence-corrected chi connectivity index (χ2v) is 10.2. The first-order valence-corrected chi connectivity index (χ1v) is 13.5. The minimum absolute atomic E-state index is 1.09. The van der Waals surface area contributed by atoms with Gasteiger partial charge in [-0.25, -0.2) is 0 Å². The van der Waals surface area contributed by atoms with E-state index >= 15 is 0 Å². The van der Waals surface area contributed by atoms with Gasteiger partial charge in [-0.2, -0.15) is 0 Å². The summed E-state index contributed by atoms with van der Waals surface area (Å²) in [5.74, 6) is 0. The molecule has 0 aliphatic rings. The molecule has 0 heterocycles. The quantitative estimate of drug-likeness (QED) is 0.190. The first kappa shape index (κ1) is 21.9. The molecule has 1 heteroatoms. The second kappa shape index (κ2) is 8.72. The van der Waals surface area contributed by atoms with Crippen LogP contribution < -0.4 is 5.32 Å². The fourth-order valence-corrected chi connectivity index (χ4v) is 6.21. The topological polar surface area (TPSA) is 12.0 Å². The fraction of sp³-hybridized carbons (Fsp3) is 0. The van der Waals surface area contributed by atoms with Crippen molar-refractivity contribution in [1.82, 2.24) is 0 Å². The predicted octanol–water partition coefficient (Wildman–Crippen LogP) is 10.9. The average molecular weight is 496 g/mol. The first-order chi connectivity index (χ1) is 19.3. The summed E-state index contributed by atoms with van der Waals surface area (Å²) < 4.78 is 0. The molecule has 0 saturated heterocycles. The van der Waals surface area contributed by atoms with E-state index in [2.05, 4.69) is 151 Å². The van der Waals surface area contributed by atoms with Crippen molar-refractivity contribution in [1.29, 1.82) is 0 Å². The smallest absolute Gasteiger partial charge is 0.0544 e. The molecule has 0 unspecified atom stereocenters. The molecule has 0 aromatic heterocycles. The Morgan fingerprint density at radius 3 is 1.46 bits per heavy atom. The Labute approximate surface area is 227 Å². The van der Waals surface area contributed by atoms with Gasteiger partial charge in [0.2, 0.25) is 0 Å². The number of hydrogen-bond acceptors (Lipinski definition) is 1. The zero-order valence-electron chi connectivity index (χ0n) is 21.4. The van der Waals surface area contributed by atoms with E-state index in [-0.39, 0.29) is 0 Å². The SMILES string of the molecule is c1ccc(Nc2c3ccccc3c(-c3cc4ccccc4c4cc5ccccc5cc34)c3ccccc23)cc1. The van der Waals surface area contributed by atoms with Gasteiger partial charge in [0.05, 0.1) is 5.69 Å². The molecule has 0 fully saturated rings. The first-order valence-electron chi connectivity index (χ1n) is 13.5. The Kier molecular flexibility index (Phi) is 4.89. The van der Waals surface area contributed by atoms with E-state index < -0.39 is 0 Å². The maximum Gasteiger partial charge on any atom is 0.0544 e. The molecule has 1 N–H and O–H groups in total. The maximum absolute atomic E-state index is 3.76. The van der Waals surface area contributed by atoms with Crippen molar-refractivity contribution in [2.75, 3.05) is 5.32 Å². The molecule has 39 heavy (non-hydrogen) atoms. The van der Waals surface area contributed by atoms with Gasteiger partial charge in [-0.1, -0.05) is 115 Å². The fourth-order valence-electron chi connectivity index (χ4n) is 6.21. The predicted molar refractivity (Wildman–Crippen MR) is 169 cm³/mol. The van der Waals surface area contributed by atoms with Crippen molar-refractivity contribution in [3.05, 3.63) is 146 Å². The van der Waals surface area contributed by atoms with Gasteiger partial charge in [0.15, 0.2) is 0 Å². The van der Waals surface area contributed by atoms with Gasteiger partial charge in [-0.15, -0.1) is 0 Å². The summed E-state index contributed by atoms with van der Waals surface area (Å²) in [7, 11) is 0. The lowest BCUT2D eigenvalue weighted by Gasteiger charge is -2.20. The summed E-state index contributed by atoms with van der Waals surface area (Å²) in [6, 6.07) is 52.7. The van der Waals surface area contributed by atoms with Crippen LogP contribution in [0.5, 0.6) is 0 Å². The average Bonchev–Trinajstić information content (AvgIpc) is 3.00. The van der Waals surface area contributed by atoms with Crippen molar-refractivity contribution in [3.8, 4) is 11.1 Å². The number of benzene rings is 8. The lowest BCUT2D eigenvalue weighted by atomic mass is 9.86. The highest BCUT2D eigenvalue weighted by molar-refractivity contribution is 6.26. The van der Waals surface area contributed by atoms with Crippen LogP contribution in [0.2, 0.25) is 0 Å². The molecule has 0 bridgehead atoms. The van der Waals surface area contributed by atoms with Gasteiger partial charge in [0, 0.05) is 16.5 Å². The van der Waals surface area contributed by atoms with E-state index in [9.17, 15) is 0 Å². The third-order valence-corrected chi connectivity index (χ3v) is 7.97. The zero-order chi connectivity index (χ0) is 25.8. The van der Waals surface area contributed by atoms with Crippen LogP contribution in [0.1, 0.15) is 0 Å². The number of hydrogen-bond donors (Lipinski definition) is 1. The number of rotatable bonds is 3. The highest BCUT2D eigenvalue weighted by Crippen LogP contribution is 2.46. The number of para-hydroxylation sites is 1. The molecule has 0 aliphatic heterocycles. The molecule has 0 aliphatic carbocycles. The highest BCUT2D eigenvalue weighted by Gasteiger charge is 2.18. The summed E-state index contributed by atoms with van der Waals surface area (Å²) in [6.45, 7) is 0. The largest absolute Gasteiger partial charge is 0.355 e. The third kappa shape index (κ3) is 3.48. The summed E-state index contributed by atoms with van der Waals surface area (Å²) >= 11 is 0. The summed E-state index contributed by atoms with van der Waals surface area (Å²) in [5.41, 5.74) is 4.79. The standard InChI is InChI=1S/C38H25N/c1-2-15-28(16-3-1)39-38-32-20-10-8-18-30(32)37(31-19-9-11-21-33(31)38)36-24-27-14-6-7-17-29(27)34-22-25-12-4-5-13-26(25)23-35(34)36/h1-24,39H. The molecule has 0 saturated carbocycles. The van der Waals surface area contributed by atoms with Crippen LogP contribution in [-0.2, 0) is 0 Å². The molecule has 8 aromatic carbocycles. The van der Waals surface area contributed by atoms with Crippen LogP contribution in [0.25, 0.3) is 65.0 Å². The highest BCUT2D eigenvalue weighted by atomic mass is 14.9. The van der Waals surface area contributed by atoms with Crippen molar-refractivity contribution in [3.63, 3.8) is 0 Å². The lowest BCUT2D eigenvalue weighted by Crippen LogP contribution is -1.96. The normalized spacial score (nSPS) is 11.6. The molecule has 0 spiro atoms. The van der Waals surface area contributed by atoms with E-state index in [1.54, 1.807) is 0 Å².